The van der Waals surface area contributed by atoms with Crippen LogP contribution >= 0.6 is 11.3 Å². The zero-order valence-corrected chi connectivity index (χ0v) is 11.9. The van der Waals surface area contributed by atoms with Crippen LogP contribution in [0.25, 0.3) is 0 Å². The van der Waals surface area contributed by atoms with Crippen LogP contribution in [0.3, 0.4) is 0 Å². The number of aromatic nitrogens is 1. The van der Waals surface area contributed by atoms with E-state index < -0.39 is 0 Å². The highest BCUT2D eigenvalue weighted by Crippen LogP contribution is 2.32. The number of rotatable bonds is 3. The van der Waals surface area contributed by atoms with Gasteiger partial charge >= 0.3 is 0 Å². The quantitative estimate of drug-likeness (QED) is 0.900. The third-order valence-electron chi connectivity index (χ3n) is 3.38. The van der Waals surface area contributed by atoms with Gasteiger partial charge in [0.05, 0.1) is 5.69 Å². The summed E-state index contributed by atoms with van der Waals surface area (Å²) in [6.07, 6.45) is 2.64. The monoisotopic (exact) mass is 253 g/mol. The Morgan fingerprint density at radius 3 is 2.82 bits per heavy atom. The number of thiazole rings is 1. The highest BCUT2D eigenvalue weighted by Gasteiger charge is 2.21. The molecule has 0 radical (unpaired) electrons. The molecule has 2 heterocycles. The largest absolute Gasteiger partial charge is 0.348 e. The smallest absolute Gasteiger partial charge is 0.185 e. The van der Waals surface area contributed by atoms with Gasteiger partial charge in [-0.25, -0.2) is 4.98 Å². The first kappa shape index (κ1) is 12.8. The maximum absolute atomic E-state index is 5.81. The summed E-state index contributed by atoms with van der Waals surface area (Å²) in [5.41, 5.74) is 7.01. The molecular weight excluding hydrogens is 230 g/mol. The van der Waals surface area contributed by atoms with Crippen molar-refractivity contribution in [2.75, 3.05) is 18.0 Å². The Bertz CT molecular complexity index is 373. The van der Waals surface area contributed by atoms with Crippen LogP contribution in [0, 0.1) is 5.92 Å². The molecule has 1 unspecified atom stereocenters. The topological polar surface area (TPSA) is 42.2 Å². The van der Waals surface area contributed by atoms with E-state index in [1.165, 1.54) is 28.5 Å². The van der Waals surface area contributed by atoms with Gasteiger partial charge in [-0.3, -0.25) is 0 Å². The number of nitrogens with two attached hydrogens (primary N) is 1. The van der Waals surface area contributed by atoms with Crippen LogP contribution in [0.4, 0.5) is 5.13 Å². The van der Waals surface area contributed by atoms with Crippen LogP contribution in [0.15, 0.2) is 0 Å². The van der Waals surface area contributed by atoms with E-state index in [0.29, 0.717) is 12.5 Å². The van der Waals surface area contributed by atoms with Crippen molar-refractivity contribution in [3.8, 4) is 0 Å². The number of piperidine rings is 1. The van der Waals surface area contributed by atoms with Gasteiger partial charge in [0.25, 0.3) is 0 Å². The Morgan fingerprint density at radius 2 is 2.29 bits per heavy atom. The fraction of sp³-hybridized carbons (Fsp3) is 0.769. The van der Waals surface area contributed by atoms with Crippen LogP contribution in [0.2, 0.25) is 0 Å². The van der Waals surface area contributed by atoms with E-state index in [1.54, 1.807) is 11.3 Å². The van der Waals surface area contributed by atoms with Gasteiger partial charge in [-0.05, 0) is 24.7 Å². The lowest BCUT2D eigenvalue weighted by Gasteiger charge is -2.30. The molecule has 1 aliphatic rings. The lowest BCUT2D eigenvalue weighted by atomic mass is 10.0. The Morgan fingerprint density at radius 1 is 1.53 bits per heavy atom. The van der Waals surface area contributed by atoms with E-state index in [9.17, 15) is 0 Å². The van der Waals surface area contributed by atoms with Gasteiger partial charge in [0.1, 0.15) is 0 Å². The molecule has 2 N–H and O–H groups in total. The third kappa shape index (κ3) is 2.80. The fourth-order valence-corrected chi connectivity index (χ4v) is 3.57. The molecule has 0 amide bonds. The van der Waals surface area contributed by atoms with Crippen LogP contribution in [0.1, 0.15) is 50.1 Å². The summed E-state index contributed by atoms with van der Waals surface area (Å²) < 4.78 is 0. The molecule has 2 rings (SSSR count). The Labute approximate surface area is 108 Å². The molecule has 4 heteroatoms. The van der Waals surface area contributed by atoms with E-state index in [1.807, 2.05) is 0 Å². The second kappa shape index (κ2) is 5.36. The average Bonchev–Trinajstić information content (AvgIpc) is 2.73. The Hall–Kier alpha value is -0.610. The number of nitrogens with zero attached hydrogens (tertiary/aromatic N) is 2. The Balaban J connectivity index is 2.20. The first-order chi connectivity index (χ1) is 8.11. The molecule has 1 aromatic heterocycles. The van der Waals surface area contributed by atoms with Gasteiger partial charge < -0.3 is 10.6 Å². The Kier molecular flexibility index (Phi) is 4.05. The van der Waals surface area contributed by atoms with Crippen molar-refractivity contribution < 1.29 is 0 Å². The van der Waals surface area contributed by atoms with E-state index in [2.05, 4.69) is 25.7 Å². The summed E-state index contributed by atoms with van der Waals surface area (Å²) in [5, 5.41) is 1.18. The van der Waals surface area contributed by atoms with E-state index in [0.717, 1.165) is 19.0 Å². The van der Waals surface area contributed by atoms with Crippen LogP contribution in [0.5, 0.6) is 0 Å². The van der Waals surface area contributed by atoms with Crippen molar-refractivity contribution >= 4 is 16.5 Å². The van der Waals surface area contributed by atoms with Gasteiger partial charge in [0.2, 0.25) is 0 Å². The molecule has 0 spiro atoms. The molecule has 3 nitrogen and oxygen atoms in total. The maximum Gasteiger partial charge on any atom is 0.185 e. The minimum absolute atomic E-state index is 0.473. The van der Waals surface area contributed by atoms with E-state index in [4.69, 9.17) is 10.7 Å². The third-order valence-corrected chi connectivity index (χ3v) is 4.53. The first-order valence-electron chi connectivity index (χ1n) is 6.56. The molecule has 0 bridgehead atoms. The number of anilines is 1. The number of hydrogen-bond acceptors (Lipinski definition) is 4. The summed E-state index contributed by atoms with van der Waals surface area (Å²) in [6.45, 7) is 9.63. The zero-order chi connectivity index (χ0) is 12.4. The SMILES string of the molecule is CC1CCCN(c2nc(C(C)C)c(CN)s2)C1. The molecule has 1 aromatic rings. The number of hydrogen-bond donors (Lipinski definition) is 1. The van der Waals surface area contributed by atoms with Gasteiger partial charge in [0.15, 0.2) is 5.13 Å². The van der Waals surface area contributed by atoms with E-state index in [-0.39, 0.29) is 0 Å². The van der Waals surface area contributed by atoms with Crippen molar-refractivity contribution in [1.29, 1.82) is 0 Å². The molecule has 0 aromatic carbocycles. The van der Waals surface area contributed by atoms with Gasteiger partial charge in [0, 0.05) is 24.5 Å². The summed E-state index contributed by atoms with van der Waals surface area (Å²) >= 11 is 1.79. The van der Waals surface area contributed by atoms with Crippen LogP contribution < -0.4 is 10.6 Å². The summed E-state index contributed by atoms with van der Waals surface area (Å²) in [7, 11) is 0. The standard InChI is InChI=1S/C13H23N3S/c1-9(2)12-11(7-14)17-13(15-12)16-6-4-5-10(3)8-16/h9-10H,4-8,14H2,1-3H3. The van der Waals surface area contributed by atoms with Crippen molar-refractivity contribution in [3.63, 3.8) is 0 Å². The van der Waals surface area contributed by atoms with Gasteiger partial charge in [-0.2, -0.15) is 0 Å². The highest BCUT2D eigenvalue weighted by atomic mass is 32.1. The average molecular weight is 253 g/mol. The summed E-state index contributed by atoms with van der Waals surface area (Å²) in [5.74, 6) is 1.26. The second-order valence-electron chi connectivity index (χ2n) is 5.36. The predicted octanol–water partition coefficient (Wildman–Crippen LogP) is 2.96. The molecule has 17 heavy (non-hydrogen) atoms. The second-order valence-corrected chi connectivity index (χ2v) is 6.42. The van der Waals surface area contributed by atoms with Gasteiger partial charge in [-0.15, -0.1) is 11.3 Å². The van der Waals surface area contributed by atoms with Crippen LogP contribution in [-0.4, -0.2) is 18.1 Å². The first-order valence-corrected chi connectivity index (χ1v) is 7.38. The lowest BCUT2D eigenvalue weighted by molar-refractivity contribution is 0.446. The van der Waals surface area contributed by atoms with Crippen molar-refractivity contribution in [3.05, 3.63) is 10.6 Å². The molecule has 0 aliphatic carbocycles. The minimum Gasteiger partial charge on any atom is -0.348 e. The molecule has 1 atom stereocenters. The lowest BCUT2D eigenvalue weighted by Crippen LogP contribution is -2.34. The van der Waals surface area contributed by atoms with Crippen molar-refractivity contribution in [2.45, 2.75) is 46.1 Å². The molecule has 1 aliphatic heterocycles. The molecule has 1 fully saturated rings. The predicted molar refractivity (Wildman–Crippen MR) is 74.7 cm³/mol. The molecular formula is C13H23N3S. The fourth-order valence-electron chi connectivity index (χ4n) is 2.45. The van der Waals surface area contributed by atoms with E-state index >= 15 is 0 Å². The molecule has 96 valence electrons. The van der Waals surface area contributed by atoms with Gasteiger partial charge in [-0.1, -0.05) is 20.8 Å². The van der Waals surface area contributed by atoms with Crippen molar-refractivity contribution in [2.24, 2.45) is 11.7 Å². The zero-order valence-electron chi connectivity index (χ0n) is 11.1. The summed E-state index contributed by atoms with van der Waals surface area (Å²) in [6, 6.07) is 0. The summed E-state index contributed by atoms with van der Waals surface area (Å²) in [4.78, 5) is 8.50. The van der Waals surface area contributed by atoms with Crippen molar-refractivity contribution in [1.82, 2.24) is 4.98 Å². The molecule has 1 saturated heterocycles. The molecule has 0 saturated carbocycles. The minimum atomic E-state index is 0.473. The maximum atomic E-state index is 5.81. The van der Waals surface area contributed by atoms with Crippen LogP contribution in [-0.2, 0) is 6.54 Å². The normalized spacial score (nSPS) is 21.2. The highest BCUT2D eigenvalue weighted by molar-refractivity contribution is 7.15.